The van der Waals surface area contributed by atoms with Crippen molar-refractivity contribution in [2.24, 2.45) is 0 Å². The first-order chi connectivity index (χ1) is 7.25. The molecule has 0 aliphatic carbocycles. The summed E-state index contributed by atoms with van der Waals surface area (Å²) in [5.41, 5.74) is 0.754. The van der Waals surface area contributed by atoms with Gasteiger partial charge in [-0.1, -0.05) is 29.8 Å². The minimum atomic E-state index is -0.574. The molecule has 84 valence electrons. The minimum absolute atomic E-state index is 0.479. The van der Waals surface area contributed by atoms with Crippen molar-refractivity contribution in [3.05, 3.63) is 34.9 Å². The lowest BCUT2D eigenvalue weighted by Crippen LogP contribution is -2.25. The van der Waals surface area contributed by atoms with E-state index in [1.54, 1.807) is 13.2 Å². The van der Waals surface area contributed by atoms with Gasteiger partial charge in [0.15, 0.2) is 0 Å². The van der Waals surface area contributed by atoms with E-state index in [-0.39, 0.29) is 0 Å². The molecule has 1 aromatic rings. The SMILES string of the molecule is COCCNCC(O)c1ccccc1Cl. The molecule has 0 spiro atoms. The first kappa shape index (κ1) is 12.5. The highest BCUT2D eigenvalue weighted by molar-refractivity contribution is 6.31. The van der Waals surface area contributed by atoms with Crippen molar-refractivity contribution >= 4 is 11.6 Å². The van der Waals surface area contributed by atoms with Crippen molar-refractivity contribution in [1.82, 2.24) is 5.32 Å². The normalized spacial score (nSPS) is 12.7. The molecular weight excluding hydrogens is 214 g/mol. The smallest absolute Gasteiger partial charge is 0.0928 e. The molecule has 1 atom stereocenters. The second-order valence-electron chi connectivity index (χ2n) is 3.23. The van der Waals surface area contributed by atoms with Gasteiger partial charge in [0.05, 0.1) is 12.7 Å². The molecule has 0 fully saturated rings. The van der Waals surface area contributed by atoms with Crippen LogP contribution in [0.15, 0.2) is 24.3 Å². The number of aliphatic hydroxyl groups is 1. The Balaban J connectivity index is 2.40. The van der Waals surface area contributed by atoms with Crippen molar-refractivity contribution in [3.63, 3.8) is 0 Å². The third-order valence-corrected chi connectivity index (χ3v) is 2.43. The van der Waals surface area contributed by atoms with Gasteiger partial charge in [-0.05, 0) is 6.07 Å². The van der Waals surface area contributed by atoms with E-state index >= 15 is 0 Å². The molecule has 0 aliphatic rings. The van der Waals surface area contributed by atoms with Crippen molar-refractivity contribution < 1.29 is 9.84 Å². The van der Waals surface area contributed by atoms with Crippen molar-refractivity contribution in [1.29, 1.82) is 0 Å². The second kappa shape index (κ2) is 6.80. The molecule has 3 nitrogen and oxygen atoms in total. The van der Waals surface area contributed by atoms with Crippen LogP contribution < -0.4 is 5.32 Å². The summed E-state index contributed by atoms with van der Waals surface area (Å²) in [6.45, 7) is 1.83. The van der Waals surface area contributed by atoms with Gasteiger partial charge in [-0.15, -0.1) is 0 Å². The van der Waals surface area contributed by atoms with E-state index < -0.39 is 6.10 Å². The Kier molecular flexibility index (Phi) is 5.65. The van der Waals surface area contributed by atoms with Gasteiger partial charge in [0.25, 0.3) is 0 Å². The van der Waals surface area contributed by atoms with Gasteiger partial charge >= 0.3 is 0 Å². The highest BCUT2D eigenvalue weighted by Gasteiger charge is 2.09. The monoisotopic (exact) mass is 229 g/mol. The average Bonchev–Trinajstić information content (AvgIpc) is 2.25. The average molecular weight is 230 g/mol. The Labute approximate surface area is 95.0 Å². The fourth-order valence-corrected chi connectivity index (χ4v) is 1.53. The van der Waals surface area contributed by atoms with Gasteiger partial charge in [-0.3, -0.25) is 0 Å². The van der Waals surface area contributed by atoms with Crippen LogP contribution in [0.2, 0.25) is 5.02 Å². The molecule has 1 unspecified atom stereocenters. The van der Waals surface area contributed by atoms with Crippen molar-refractivity contribution in [2.75, 3.05) is 26.8 Å². The predicted octanol–water partition coefficient (Wildman–Crippen LogP) is 1.61. The summed E-state index contributed by atoms with van der Waals surface area (Å²) < 4.78 is 4.88. The number of halogens is 1. The summed E-state index contributed by atoms with van der Waals surface area (Å²) in [5, 5.41) is 13.5. The highest BCUT2D eigenvalue weighted by atomic mass is 35.5. The van der Waals surface area contributed by atoms with E-state index in [1.165, 1.54) is 0 Å². The van der Waals surface area contributed by atoms with Crippen LogP contribution in [-0.2, 0) is 4.74 Å². The second-order valence-corrected chi connectivity index (χ2v) is 3.64. The molecule has 0 heterocycles. The number of hydrogen-bond donors (Lipinski definition) is 2. The highest BCUT2D eigenvalue weighted by Crippen LogP contribution is 2.21. The number of hydrogen-bond acceptors (Lipinski definition) is 3. The lowest BCUT2D eigenvalue weighted by Gasteiger charge is -2.13. The third-order valence-electron chi connectivity index (χ3n) is 2.08. The van der Waals surface area contributed by atoms with Gasteiger partial charge in [0.2, 0.25) is 0 Å². The Morgan fingerprint density at radius 2 is 2.20 bits per heavy atom. The van der Waals surface area contributed by atoms with Crippen molar-refractivity contribution in [2.45, 2.75) is 6.10 Å². The molecule has 0 aromatic heterocycles. The molecular formula is C11H16ClNO2. The Hall–Kier alpha value is -0.610. The molecule has 0 amide bonds. The van der Waals surface area contributed by atoms with Crippen LogP contribution >= 0.6 is 11.6 Å². The maximum absolute atomic E-state index is 9.81. The molecule has 1 rings (SSSR count). The summed E-state index contributed by atoms with van der Waals surface area (Å²) in [4.78, 5) is 0. The lowest BCUT2D eigenvalue weighted by atomic mass is 10.1. The first-order valence-electron chi connectivity index (χ1n) is 4.88. The van der Waals surface area contributed by atoms with E-state index in [0.717, 1.165) is 12.1 Å². The molecule has 1 aromatic carbocycles. The number of methoxy groups -OCH3 is 1. The number of benzene rings is 1. The van der Waals surface area contributed by atoms with Gasteiger partial charge in [-0.25, -0.2) is 0 Å². The zero-order chi connectivity index (χ0) is 11.1. The zero-order valence-electron chi connectivity index (χ0n) is 8.74. The lowest BCUT2D eigenvalue weighted by molar-refractivity contribution is 0.161. The van der Waals surface area contributed by atoms with Crippen LogP contribution in [0, 0.1) is 0 Å². The summed E-state index contributed by atoms with van der Waals surface area (Å²) >= 11 is 5.95. The summed E-state index contributed by atoms with van der Waals surface area (Å²) in [5.74, 6) is 0. The van der Waals surface area contributed by atoms with Crippen LogP contribution in [0.5, 0.6) is 0 Å². The Bertz CT molecular complexity index is 294. The predicted molar refractivity (Wildman–Crippen MR) is 61.2 cm³/mol. The number of ether oxygens (including phenoxy) is 1. The fraction of sp³-hybridized carbons (Fsp3) is 0.455. The summed E-state index contributed by atoms with van der Waals surface area (Å²) in [7, 11) is 1.65. The van der Waals surface area contributed by atoms with Crippen LogP contribution in [0.1, 0.15) is 11.7 Å². The van der Waals surface area contributed by atoms with Gasteiger partial charge < -0.3 is 15.2 Å². The quantitative estimate of drug-likeness (QED) is 0.729. The van der Waals surface area contributed by atoms with Crippen LogP contribution in [-0.4, -0.2) is 31.9 Å². The minimum Gasteiger partial charge on any atom is -0.387 e. The first-order valence-corrected chi connectivity index (χ1v) is 5.25. The van der Waals surface area contributed by atoms with Gasteiger partial charge in [0, 0.05) is 30.8 Å². The maximum Gasteiger partial charge on any atom is 0.0928 e. The molecule has 2 N–H and O–H groups in total. The van der Waals surface area contributed by atoms with Crippen LogP contribution in [0.25, 0.3) is 0 Å². The molecule has 0 radical (unpaired) electrons. The van der Waals surface area contributed by atoms with E-state index in [9.17, 15) is 5.11 Å². The number of rotatable bonds is 6. The molecule has 0 saturated heterocycles. The van der Waals surface area contributed by atoms with Gasteiger partial charge in [0.1, 0.15) is 0 Å². The van der Waals surface area contributed by atoms with E-state index in [0.29, 0.717) is 18.2 Å². The molecule has 0 aliphatic heterocycles. The van der Waals surface area contributed by atoms with Gasteiger partial charge in [-0.2, -0.15) is 0 Å². The molecule has 0 bridgehead atoms. The third kappa shape index (κ3) is 4.18. The molecule has 0 saturated carbocycles. The van der Waals surface area contributed by atoms with E-state index in [2.05, 4.69) is 5.32 Å². The van der Waals surface area contributed by atoms with Crippen molar-refractivity contribution in [3.8, 4) is 0 Å². The number of nitrogens with one attached hydrogen (secondary N) is 1. The summed E-state index contributed by atoms with van der Waals surface area (Å²) in [6, 6.07) is 7.30. The van der Waals surface area contributed by atoms with Crippen LogP contribution in [0.3, 0.4) is 0 Å². The molecule has 4 heteroatoms. The fourth-order valence-electron chi connectivity index (χ4n) is 1.27. The van der Waals surface area contributed by atoms with E-state index in [1.807, 2.05) is 18.2 Å². The largest absolute Gasteiger partial charge is 0.387 e. The standard InChI is InChI=1S/C11H16ClNO2/c1-15-7-6-13-8-11(14)9-4-2-3-5-10(9)12/h2-5,11,13-14H,6-8H2,1H3. The zero-order valence-corrected chi connectivity index (χ0v) is 9.50. The van der Waals surface area contributed by atoms with Crippen LogP contribution in [0.4, 0.5) is 0 Å². The Morgan fingerprint density at radius 3 is 2.87 bits per heavy atom. The topological polar surface area (TPSA) is 41.5 Å². The Morgan fingerprint density at radius 1 is 1.47 bits per heavy atom. The summed E-state index contributed by atoms with van der Waals surface area (Å²) in [6.07, 6.45) is -0.574. The maximum atomic E-state index is 9.81. The molecule has 15 heavy (non-hydrogen) atoms. The number of aliphatic hydroxyl groups excluding tert-OH is 1. The van der Waals surface area contributed by atoms with E-state index in [4.69, 9.17) is 16.3 Å².